The van der Waals surface area contributed by atoms with E-state index >= 15 is 0 Å². The van der Waals surface area contributed by atoms with E-state index in [1.165, 1.54) is 0 Å². The van der Waals surface area contributed by atoms with E-state index in [4.69, 9.17) is 10.5 Å². The van der Waals surface area contributed by atoms with Gasteiger partial charge < -0.3 is 15.8 Å². The number of rotatable bonds is 6. The molecule has 15 heavy (non-hydrogen) atoms. The van der Waals surface area contributed by atoms with Gasteiger partial charge in [0, 0.05) is 19.8 Å². The Morgan fingerprint density at radius 2 is 2.47 bits per heavy atom. The number of ether oxygens (including phenoxy) is 1. The Hall–Kier alpha value is -1.63. The highest BCUT2D eigenvalue weighted by Crippen LogP contribution is 1.92. The standard InChI is InChI=1S/C8H15N5O2/c1-2-15-5-3-4-10-7(14)6-11-8(9)13-12-6/h2-5H2,1H3,(H,10,14)(H3,9,11,12,13). The molecular formula is C8H15N5O2. The highest BCUT2D eigenvalue weighted by atomic mass is 16.5. The van der Waals surface area contributed by atoms with Gasteiger partial charge in [-0.15, -0.1) is 5.10 Å². The number of nitrogens with two attached hydrogens (primary N) is 1. The van der Waals surface area contributed by atoms with Crippen LogP contribution in [0.25, 0.3) is 0 Å². The first-order valence-electron chi connectivity index (χ1n) is 4.78. The smallest absolute Gasteiger partial charge is 0.288 e. The zero-order valence-electron chi connectivity index (χ0n) is 8.62. The molecule has 1 aromatic heterocycles. The SMILES string of the molecule is CCOCCCNC(=O)c1nc(N)n[nH]1. The van der Waals surface area contributed by atoms with E-state index in [1.54, 1.807) is 0 Å². The minimum absolute atomic E-state index is 0.0643. The molecule has 0 atom stereocenters. The lowest BCUT2D eigenvalue weighted by Gasteiger charge is -2.02. The van der Waals surface area contributed by atoms with Crippen LogP contribution < -0.4 is 11.1 Å². The number of hydrogen-bond donors (Lipinski definition) is 3. The van der Waals surface area contributed by atoms with Gasteiger partial charge in [0.05, 0.1) is 0 Å². The normalized spacial score (nSPS) is 10.2. The molecule has 1 heterocycles. The Kier molecular flexibility index (Phi) is 4.55. The highest BCUT2D eigenvalue weighted by Gasteiger charge is 2.08. The fraction of sp³-hybridized carbons (Fsp3) is 0.625. The second kappa shape index (κ2) is 5.97. The third-order valence-corrected chi connectivity index (χ3v) is 1.67. The fourth-order valence-electron chi connectivity index (χ4n) is 0.981. The second-order valence-corrected chi connectivity index (χ2v) is 2.85. The first kappa shape index (κ1) is 11.4. The minimum atomic E-state index is -0.310. The average molecular weight is 213 g/mol. The molecular weight excluding hydrogens is 198 g/mol. The van der Waals surface area contributed by atoms with Crippen molar-refractivity contribution in [3.8, 4) is 0 Å². The number of carbonyl (C=O) groups excluding carboxylic acids is 1. The highest BCUT2D eigenvalue weighted by molar-refractivity contribution is 5.90. The zero-order chi connectivity index (χ0) is 11.1. The van der Waals surface area contributed by atoms with Crippen LogP contribution in [-0.2, 0) is 4.74 Å². The van der Waals surface area contributed by atoms with E-state index in [1.807, 2.05) is 6.92 Å². The molecule has 1 aromatic rings. The maximum atomic E-state index is 11.3. The van der Waals surface area contributed by atoms with E-state index < -0.39 is 0 Å². The molecule has 0 aromatic carbocycles. The topological polar surface area (TPSA) is 106 Å². The molecule has 0 aliphatic rings. The first-order chi connectivity index (χ1) is 7.24. The number of H-pyrrole nitrogens is 1. The monoisotopic (exact) mass is 213 g/mol. The van der Waals surface area contributed by atoms with Crippen LogP contribution in [0.3, 0.4) is 0 Å². The lowest BCUT2D eigenvalue weighted by molar-refractivity contribution is 0.0934. The zero-order valence-corrected chi connectivity index (χ0v) is 8.62. The van der Waals surface area contributed by atoms with Crippen LogP contribution in [0.15, 0.2) is 0 Å². The first-order valence-corrected chi connectivity index (χ1v) is 4.78. The molecule has 0 radical (unpaired) electrons. The van der Waals surface area contributed by atoms with Crippen LogP contribution >= 0.6 is 0 Å². The Balaban J connectivity index is 2.19. The van der Waals surface area contributed by atoms with Crippen molar-refractivity contribution in [1.29, 1.82) is 0 Å². The molecule has 1 rings (SSSR count). The van der Waals surface area contributed by atoms with Crippen molar-refractivity contribution < 1.29 is 9.53 Å². The van der Waals surface area contributed by atoms with E-state index in [0.717, 1.165) is 6.42 Å². The van der Waals surface area contributed by atoms with Crippen LogP contribution in [0.1, 0.15) is 24.0 Å². The van der Waals surface area contributed by atoms with Gasteiger partial charge >= 0.3 is 0 Å². The van der Waals surface area contributed by atoms with Gasteiger partial charge in [0.2, 0.25) is 11.8 Å². The van der Waals surface area contributed by atoms with Crippen molar-refractivity contribution in [3.63, 3.8) is 0 Å². The molecule has 7 nitrogen and oxygen atoms in total. The van der Waals surface area contributed by atoms with Gasteiger partial charge in [0.1, 0.15) is 0 Å². The van der Waals surface area contributed by atoms with E-state index in [2.05, 4.69) is 20.5 Å². The lowest BCUT2D eigenvalue weighted by atomic mass is 10.4. The summed E-state index contributed by atoms with van der Waals surface area (Å²) in [4.78, 5) is 15.0. The fourth-order valence-corrected chi connectivity index (χ4v) is 0.981. The number of amides is 1. The number of nitrogens with one attached hydrogen (secondary N) is 2. The number of aromatic amines is 1. The van der Waals surface area contributed by atoms with Crippen LogP contribution in [0.2, 0.25) is 0 Å². The molecule has 0 fully saturated rings. The van der Waals surface area contributed by atoms with Gasteiger partial charge in [0.25, 0.3) is 5.91 Å². The Labute approximate surface area is 87.4 Å². The summed E-state index contributed by atoms with van der Waals surface area (Å²) in [6.07, 6.45) is 0.767. The molecule has 0 saturated heterocycles. The molecule has 7 heteroatoms. The van der Waals surface area contributed by atoms with E-state index in [9.17, 15) is 4.79 Å². The molecule has 4 N–H and O–H groups in total. The lowest BCUT2D eigenvalue weighted by Crippen LogP contribution is -2.26. The van der Waals surface area contributed by atoms with Crippen molar-refractivity contribution in [2.45, 2.75) is 13.3 Å². The third kappa shape index (κ3) is 3.94. The van der Waals surface area contributed by atoms with Gasteiger partial charge in [-0.25, -0.2) is 0 Å². The summed E-state index contributed by atoms with van der Waals surface area (Å²) in [5.74, 6) is -0.117. The van der Waals surface area contributed by atoms with E-state index in [0.29, 0.717) is 19.8 Å². The number of nitrogens with zero attached hydrogens (tertiary/aromatic N) is 2. The van der Waals surface area contributed by atoms with Crippen LogP contribution in [-0.4, -0.2) is 40.8 Å². The van der Waals surface area contributed by atoms with Gasteiger partial charge in [0.15, 0.2) is 0 Å². The van der Waals surface area contributed by atoms with Crippen molar-refractivity contribution >= 4 is 11.9 Å². The Morgan fingerprint density at radius 3 is 3.07 bits per heavy atom. The summed E-state index contributed by atoms with van der Waals surface area (Å²) < 4.78 is 5.12. The number of hydrogen-bond acceptors (Lipinski definition) is 5. The van der Waals surface area contributed by atoms with Gasteiger partial charge in [-0.3, -0.25) is 9.89 Å². The van der Waals surface area contributed by atoms with Crippen LogP contribution in [0.4, 0.5) is 5.95 Å². The summed E-state index contributed by atoms with van der Waals surface area (Å²) in [6, 6.07) is 0. The molecule has 0 bridgehead atoms. The van der Waals surface area contributed by atoms with Crippen LogP contribution in [0, 0.1) is 0 Å². The predicted molar refractivity (Wildman–Crippen MR) is 54.2 cm³/mol. The maximum Gasteiger partial charge on any atom is 0.288 e. The molecule has 0 saturated carbocycles. The van der Waals surface area contributed by atoms with Crippen molar-refractivity contribution in [3.05, 3.63) is 5.82 Å². The van der Waals surface area contributed by atoms with Crippen molar-refractivity contribution in [2.75, 3.05) is 25.5 Å². The quantitative estimate of drug-likeness (QED) is 0.554. The van der Waals surface area contributed by atoms with E-state index in [-0.39, 0.29) is 17.7 Å². The molecule has 0 spiro atoms. The minimum Gasteiger partial charge on any atom is -0.382 e. The number of aromatic nitrogens is 3. The average Bonchev–Trinajstić information content (AvgIpc) is 2.64. The number of carbonyl (C=O) groups is 1. The summed E-state index contributed by atoms with van der Waals surface area (Å²) in [7, 11) is 0. The third-order valence-electron chi connectivity index (χ3n) is 1.67. The summed E-state index contributed by atoms with van der Waals surface area (Å²) >= 11 is 0. The summed E-state index contributed by atoms with van der Waals surface area (Å²) in [5.41, 5.74) is 5.26. The predicted octanol–water partition coefficient (Wildman–Crippen LogP) is -0.457. The van der Waals surface area contributed by atoms with Crippen molar-refractivity contribution in [2.24, 2.45) is 0 Å². The molecule has 0 aliphatic carbocycles. The van der Waals surface area contributed by atoms with Gasteiger partial charge in [-0.2, -0.15) is 4.98 Å². The summed E-state index contributed by atoms with van der Waals surface area (Å²) in [5, 5.41) is 8.64. The summed E-state index contributed by atoms with van der Waals surface area (Å²) in [6.45, 7) is 3.79. The van der Waals surface area contributed by atoms with Gasteiger partial charge in [-0.1, -0.05) is 0 Å². The number of anilines is 1. The molecule has 0 aliphatic heterocycles. The molecule has 1 amide bonds. The Morgan fingerprint density at radius 1 is 1.67 bits per heavy atom. The van der Waals surface area contributed by atoms with Gasteiger partial charge in [-0.05, 0) is 13.3 Å². The second-order valence-electron chi connectivity index (χ2n) is 2.85. The largest absolute Gasteiger partial charge is 0.382 e. The Bertz CT molecular complexity index is 312. The molecule has 0 unspecified atom stereocenters. The maximum absolute atomic E-state index is 11.3. The number of nitrogen functional groups attached to an aromatic ring is 1. The van der Waals surface area contributed by atoms with Crippen LogP contribution in [0.5, 0.6) is 0 Å². The molecule has 84 valence electrons. The van der Waals surface area contributed by atoms with Crippen molar-refractivity contribution in [1.82, 2.24) is 20.5 Å².